The summed E-state index contributed by atoms with van der Waals surface area (Å²) in [5.74, 6) is -3.97. The number of pyridine rings is 1. The molecule has 0 unspecified atom stereocenters. The number of nitrogens with zero attached hydrogens (tertiary/aromatic N) is 3. The normalized spacial score (nSPS) is 29.0. The van der Waals surface area contributed by atoms with E-state index in [1.807, 2.05) is 11.6 Å². The van der Waals surface area contributed by atoms with Crippen LogP contribution in [0.3, 0.4) is 0 Å². The molecule has 2 aromatic rings. The zero-order valence-electron chi connectivity index (χ0n) is 34.3. The molecule has 3 aliphatic heterocycles. The Morgan fingerprint density at radius 1 is 1.11 bits per heavy atom. The highest BCUT2D eigenvalue weighted by molar-refractivity contribution is 7.91. The van der Waals surface area contributed by atoms with Crippen LogP contribution >= 0.6 is 0 Å². The van der Waals surface area contributed by atoms with Crippen LogP contribution < -0.4 is 24.2 Å². The third-order valence-electron chi connectivity index (χ3n) is 13.1. The fraction of sp³-hybridized carbons (Fsp3) is 0.634. The molecular weight excluding hydrogens is 831 g/mol. The van der Waals surface area contributed by atoms with Crippen LogP contribution in [-0.4, -0.2) is 119 Å². The lowest BCUT2D eigenvalue weighted by Gasteiger charge is -2.46. The number of aromatic nitrogens is 1. The highest BCUT2D eigenvalue weighted by Gasteiger charge is 2.64. The van der Waals surface area contributed by atoms with Crippen LogP contribution in [0, 0.1) is 17.8 Å². The monoisotopic (exact) mass is 881 g/mol. The molecule has 0 spiro atoms. The number of hydrogen-bond acceptors (Lipinski definition) is 10. The van der Waals surface area contributed by atoms with E-state index in [1.54, 1.807) is 37.3 Å². The molecule has 334 valence electrons. The van der Waals surface area contributed by atoms with Crippen LogP contribution in [0.25, 0.3) is 10.8 Å². The van der Waals surface area contributed by atoms with E-state index in [0.717, 1.165) is 4.90 Å². The first-order valence-corrected chi connectivity index (χ1v) is 22.0. The predicted octanol–water partition coefficient (Wildman–Crippen LogP) is 5.27. The largest absolute Gasteiger partial charge is 0.486 e. The fourth-order valence-corrected chi connectivity index (χ4v) is 10.3. The lowest BCUT2D eigenvalue weighted by atomic mass is 9.82. The van der Waals surface area contributed by atoms with Crippen LogP contribution in [0.1, 0.15) is 79.1 Å². The standard InChI is InChI=1S/C41H51F4N5O10S/c1-5-24-18-23(2)8-6-7-9-25-20-40(25,36(53)48-61(56,57)39(22-42)13-14-39)47-33(51)29-19-26(21-49(29)35(52)31(24)50(37(54)55)38(3,4)41(43,44)45)60-34-28-10-11-30-32(59-17-16-58-30)27(28)12-15-46-34/h7,9-12,15,23-26,29,31H,5-6,8,13-14,16-22H2,1-4H3,(H,47,51)(H,48,53)(H,54,55)/t23-,24+,25+,26+,29-,31-,40+/m0/s1. The number of carboxylic acid groups (broad SMARTS) is 1. The maximum atomic E-state index is 15.2. The first-order chi connectivity index (χ1) is 28.7. The van der Waals surface area contributed by atoms with Gasteiger partial charge in [-0.1, -0.05) is 32.4 Å². The summed E-state index contributed by atoms with van der Waals surface area (Å²) in [6, 6.07) is 1.58. The van der Waals surface area contributed by atoms with E-state index < -0.39 is 99.1 Å². The fourth-order valence-electron chi connectivity index (χ4n) is 8.91. The van der Waals surface area contributed by atoms with Gasteiger partial charge >= 0.3 is 12.3 Å². The van der Waals surface area contributed by atoms with Gasteiger partial charge in [-0.2, -0.15) is 13.2 Å². The van der Waals surface area contributed by atoms with Crippen molar-refractivity contribution in [3.05, 3.63) is 36.5 Å². The number of nitrogens with one attached hydrogen (secondary N) is 2. The molecule has 61 heavy (non-hydrogen) atoms. The first kappa shape index (κ1) is 44.2. The molecule has 5 aliphatic rings. The lowest BCUT2D eigenvalue weighted by molar-refractivity contribution is -0.222. The second kappa shape index (κ2) is 16.1. The topological polar surface area (TPSA) is 194 Å². The molecule has 2 aliphatic carbocycles. The summed E-state index contributed by atoms with van der Waals surface area (Å²) < 4.78 is 103. The van der Waals surface area contributed by atoms with Crippen LogP contribution in [-0.2, 0) is 24.4 Å². The minimum absolute atomic E-state index is 0.000777. The van der Waals surface area contributed by atoms with E-state index in [0.29, 0.717) is 55.6 Å². The van der Waals surface area contributed by atoms with Gasteiger partial charge in [-0.3, -0.25) is 24.0 Å². The molecule has 2 saturated carbocycles. The number of halogens is 4. The molecule has 4 heterocycles. The second-order valence-electron chi connectivity index (χ2n) is 17.5. The Morgan fingerprint density at radius 3 is 2.49 bits per heavy atom. The Morgan fingerprint density at radius 2 is 1.84 bits per heavy atom. The molecule has 3 N–H and O–H groups in total. The SMILES string of the molecule is CC[C@@H]1C[C@@H](C)CCC=C[C@@H]2C[C@@]2(C(=O)NS(=O)(=O)C2(CF)CC2)NC(=O)[C@@H]2C[C@@H](Oc3nccc4c5c(ccc34)OCCO5)CN2C(=O)[C@H]1N(C(=O)O)C(C)(C)C(F)(F)F. The van der Waals surface area contributed by atoms with E-state index in [1.165, 1.54) is 6.20 Å². The Hall–Kier alpha value is -4.88. The molecule has 3 fully saturated rings. The second-order valence-corrected chi connectivity index (χ2v) is 19.6. The Kier molecular flexibility index (Phi) is 11.7. The van der Waals surface area contributed by atoms with Crippen molar-refractivity contribution >= 4 is 44.6 Å². The van der Waals surface area contributed by atoms with Crippen LogP contribution in [0.15, 0.2) is 36.5 Å². The number of sulfonamides is 1. The predicted molar refractivity (Wildman–Crippen MR) is 211 cm³/mol. The average Bonchev–Trinajstić information content (AvgIpc) is 4.11. The number of rotatable bonds is 9. The molecule has 1 aromatic carbocycles. The van der Waals surface area contributed by atoms with E-state index in [2.05, 4.69) is 10.3 Å². The molecule has 20 heteroatoms. The maximum absolute atomic E-state index is 15.2. The average molecular weight is 882 g/mol. The molecule has 4 amide bonds. The van der Waals surface area contributed by atoms with E-state index in [-0.39, 0.29) is 61.8 Å². The zero-order valence-corrected chi connectivity index (χ0v) is 35.1. The van der Waals surface area contributed by atoms with Gasteiger partial charge in [-0.05, 0) is 82.4 Å². The van der Waals surface area contributed by atoms with Gasteiger partial charge in [-0.15, -0.1) is 0 Å². The molecule has 0 radical (unpaired) electrons. The van der Waals surface area contributed by atoms with Crippen molar-refractivity contribution in [2.45, 2.75) is 119 Å². The number of fused-ring (bicyclic) bond motifs is 5. The number of carbonyl (C=O) groups is 4. The van der Waals surface area contributed by atoms with E-state index in [4.69, 9.17) is 14.2 Å². The Labute approximate surface area is 350 Å². The summed E-state index contributed by atoms with van der Waals surface area (Å²) in [6.07, 6.45) is -2.43. The summed E-state index contributed by atoms with van der Waals surface area (Å²) >= 11 is 0. The van der Waals surface area contributed by atoms with Crippen LogP contribution in [0.5, 0.6) is 17.4 Å². The minimum atomic E-state index is -5.12. The third kappa shape index (κ3) is 8.04. The van der Waals surface area contributed by atoms with Gasteiger partial charge in [0.15, 0.2) is 11.5 Å². The smallest absolute Gasteiger partial charge is 0.411 e. The van der Waals surface area contributed by atoms with Crippen molar-refractivity contribution in [2.75, 3.05) is 26.4 Å². The van der Waals surface area contributed by atoms with Crippen molar-refractivity contribution in [1.82, 2.24) is 24.8 Å². The molecule has 15 nitrogen and oxygen atoms in total. The van der Waals surface area contributed by atoms with Gasteiger partial charge < -0.3 is 29.5 Å². The molecule has 0 bridgehead atoms. The van der Waals surface area contributed by atoms with Crippen molar-refractivity contribution in [2.24, 2.45) is 17.8 Å². The van der Waals surface area contributed by atoms with E-state index >= 15 is 4.79 Å². The van der Waals surface area contributed by atoms with Crippen molar-refractivity contribution in [3.63, 3.8) is 0 Å². The third-order valence-corrected chi connectivity index (χ3v) is 15.2. The Balaban J connectivity index is 1.30. The van der Waals surface area contributed by atoms with Crippen LogP contribution in [0.2, 0.25) is 0 Å². The number of allylic oxidation sites excluding steroid dienone is 1. The maximum Gasteiger partial charge on any atom is 0.411 e. The number of amides is 4. The first-order valence-electron chi connectivity index (χ1n) is 20.5. The molecular formula is C41H51F4N5O10S. The van der Waals surface area contributed by atoms with Gasteiger partial charge in [0, 0.05) is 29.3 Å². The molecule has 7 atom stereocenters. The van der Waals surface area contributed by atoms with E-state index in [9.17, 15) is 45.5 Å². The summed E-state index contributed by atoms with van der Waals surface area (Å²) in [7, 11) is -4.51. The summed E-state index contributed by atoms with van der Waals surface area (Å²) in [6.45, 7) is 3.87. The number of carbonyl (C=O) groups excluding carboxylic acids is 3. The van der Waals surface area contributed by atoms with Gasteiger partial charge in [0.1, 0.15) is 53.9 Å². The highest BCUT2D eigenvalue weighted by Crippen LogP contribution is 2.49. The number of benzene rings is 1. The number of alkyl halides is 4. The Bertz CT molecular complexity index is 2220. The summed E-state index contributed by atoms with van der Waals surface area (Å²) in [4.78, 5) is 62.4. The van der Waals surface area contributed by atoms with Crippen LogP contribution in [0.4, 0.5) is 22.4 Å². The number of ether oxygens (including phenoxy) is 3. The van der Waals surface area contributed by atoms with Crippen molar-refractivity contribution in [3.8, 4) is 17.4 Å². The quantitative estimate of drug-likeness (QED) is 0.220. The minimum Gasteiger partial charge on any atom is -0.486 e. The zero-order chi connectivity index (χ0) is 44.3. The highest BCUT2D eigenvalue weighted by atomic mass is 32.2. The molecule has 1 saturated heterocycles. The van der Waals surface area contributed by atoms with Gasteiger partial charge in [0.05, 0.1) is 6.54 Å². The van der Waals surface area contributed by atoms with Gasteiger partial charge in [0.2, 0.25) is 27.7 Å². The van der Waals surface area contributed by atoms with Gasteiger partial charge in [0.25, 0.3) is 5.91 Å². The molecule has 1 aromatic heterocycles. The van der Waals surface area contributed by atoms with Crippen molar-refractivity contribution < 1.29 is 64.5 Å². The van der Waals surface area contributed by atoms with Gasteiger partial charge in [-0.25, -0.2) is 22.6 Å². The number of hydrogen-bond donors (Lipinski definition) is 3. The lowest BCUT2D eigenvalue weighted by Crippen LogP contribution is -2.66. The molecule has 7 rings (SSSR count). The summed E-state index contributed by atoms with van der Waals surface area (Å²) in [5, 5.41) is 14.3. The van der Waals surface area contributed by atoms with Crippen molar-refractivity contribution in [1.29, 1.82) is 0 Å². The summed E-state index contributed by atoms with van der Waals surface area (Å²) in [5.41, 5.74) is -4.92.